The van der Waals surface area contributed by atoms with Crippen molar-refractivity contribution < 1.29 is 9.53 Å². The molecule has 5 heteroatoms. The van der Waals surface area contributed by atoms with Gasteiger partial charge in [-0.2, -0.15) is 0 Å². The number of amides is 1. The largest absolute Gasteiger partial charge is 0.383 e. The third kappa shape index (κ3) is 2.57. The van der Waals surface area contributed by atoms with Crippen molar-refractivity contribution in [3.8, 4) is 0 Å². The number of hydrogen-bond donors (Lipinski definition) is 1. The molecule has 2 aliphatic heterocycles. The zero-order valence-corrected chi connectivity index (χ0v) is 14.1. The number of nitrogens with one attached hydrogen (secondary N) is 1. The second kappa shape index (κ2) is 6.85. The van der Waals surface area contributed by atoms with Crippen molar-refractivity contribution in [2.45, 2.75) is 57.2 Å². The van der Waals surface area contributed by atoms with E-state index in [1.54, 1.807) is 7.11 Å². The highest BCUT2D eigenvalue weighted by atomic mass is 16.5. The van der Waals surface area contributed by atoms with Crippen LogP contribution in [0.25, 0.3) is 0 Å². The number of ether oxygens (including phenoxy) is 1. The van der Waals surface area contributed by atoms with Crippen LogP contribution in [0.2, 0.25) is 0 Å². The summed E-state index contributed by atoms with van der Waals surface area (Å²) in [5.41, 5.74) is -0.0788. The lowest BCUT2D eigenvalue weighted by molar-refractivity contribution is -0.141. The summed E-state index contributed by atoms with van der Waals surface area (Å²) in [7, 11) is 1.76. The Labute approximate surface area is 134 Å². The fraction of sp³-hybridized carbons (Fsp3) is 0.941. The SMILES string of the molecule is CCCCCN1C(=O)CN2C(COC)CNCC12C1CCC1. The van der Waals surface area contributed by atoms with Gasteiger partial charge in [0.2, 0.25) is 5.91 Å². The van der Waals surface area contributed by atoms with Crippen LogP contribution in [0.15, 0.2) is 0 Å². The molecule has 22 heavy (non-hydrogen) atoms. The Morgan fingerprint density at radius 2 is 2.18 bits per heavy atom. The molecule has 2 heterocycles. The van der Waals surface area contributed by atoms with Crippen LogP contribution in [-0.2, 0) is 9.53 Å². The first-order chi connectivity index (χ1) is 10.7. The first-order valence-corrected chi connectivity index (χ1v) is 9.01. The van der Waals surface area contributed by atoms with Crippen LogP contribution in [0.1, 0.15) is 45.4 Å². The summed E-state index contributed by atoms with van der Waals surface area (Å²) in [6, 6.07) is 0.319. The highest BCUT2D eigenvalue weighted by Gasteiger charge is 2.59. The van der Waals surface area contributed by atoms with Crippen molar-refractivity contribution in [3.05, 3.63) is 0 Å². The molecular weight excluding hydrogens is 278 g/mol. The second-order valence-corrected chi connectivity index (χ2v) is 7.13. The molecule has 1 aliphatic carbocycles. The molecule has 2 saturated heterocycles. The van der Waals surface area contributed by atoms with Crippen LogP contribution < -0.4 is 5.32 Å². The van der Waals surface area contributed by atoms with Crippen molar-refractivity contribution in [3.63, 3.8) is 0 Å². The predicted molar refractivity (Wildman–Crippen MR) is 86.5 cm³/mol. The molecule has 5 nitrogen and oxygen atoms in total. The maximum Gasteiger partial charge on any atom is 0.238 e. The Morgan fingerprint density at radius 1 is 1.36 bits per heavy atom. The first kappa shape index (κ1) is 16.2. The summed E-state index contributed by atoms with van der Waals surface area (Å²) < 4.78 is 5.42. The zero-order valence-electron chi connectivity index (χ0n) is 14.1. The van der Waals surface area contributed by atoms with Crippen LogP contribution in [-0.4, -0.2) is 67.3 Å². The number of nitrogens with zero attached hydrogens (tertiary/aromatic N) is 2. The quantitative estimate of drug-likeness (QED) is 0.723. The van der Waals surface area contributed by atoms with E-state index < -0.39 is 0 Å². The fourth-order valence-electron chi connectivity index (χ4n) is 4.56. The maximum atomic E-state index is 12.8. The number of methoxy groups -OCH3 is 1. The number of rotatable bonds is 7. The molecule has 0 aromatic heterocycles. The molecule has 0 bridgehead atoms. The van der Waals surface area contributed by atoms with Crippen molar-refractivity contribution >= 4 is 5.91 Å². The smallest absolute Gasteiger partial charge is 0.238 e. The molecule has 2 atom stereocenters. The molecule has 3 rings (SSSR count). The Balaban J connectivity index is 1.84. The molecule has 2 unspecified atom stereocenters. The molecule has 0 aromatic carbocycles. The van der Waals surface area contributed by atoms with Crippen molar-refractivity contribution in [2.75, 3.05) is 39.9 Å². The molecule has 1 amide bonds. The summed E-state index contributed by atoms with van der Waals surface area (Å²) in [6.45, 7) is 6.28. The Morgan fingerprint density at radius 3 is 2.82 bits per heavy atom. The standard InChI is InChI=1S/C17H31N3O2/c1-3-4-5-9-19-16(21)11-20-15(12-22-2)10-18-13-17(19,20)14-7-6-8-14/h14-15,18H,3-13H2,1-2H3. The van der Waals surface area contributed by atoms with Gasteiger partial charge in [-0.1, -0.05) is 26.2 Å². The van der Waals surface area contributed by atoms with Crippen LogP contribution >= 0.6 is 0 Å². The van der Waals surface area contributed by atoms with Gasteiger partial charge in [-0.15, -0.1) is 0 Å². The summed E-state index contributed by atoms with van der Waals surface area (Å²) in [5.74, 6) is 0.959. The van der Waals surface area contributed by atoms with Gasteiger partial charge in [0.25, 0.3) is 0 Å². The minimum absolute atomic E-state index is 0.0788. The number of carbonyl (C=O) groups is 1. The molecule has 3 aliphatic rings. The summed E-state index contributed by atoms with van der Waals surface area (Å²) in [6.07, 6.45) is 7.36. The predicted octanol–water partition coefficient (Wildman–Crippen LogP) is 1.44. The minimum atomic E-state index is -0.0788. The van der Waals surface area contributed by atoms with E-state index in [1.807, 2.05) is 0 Å². The van der Waals surface area contributed by atoms with E-state index in [0.717, 1.165) is 26.1 Å². The van der Waals surface area contributed by atoms with Gasteiger partial charge in [0.05, 0.1) is 13.2 Å². The minimum Gasteiger partial charge on any atom is -0.383 e. The van der Waals surface area contributed by atoms with Crippen LogP contribution in [0.5, 0.6) is 0 Å². The lowest BCUT2D eigenvalue weighted by Crippen LogP contribution is -2.72. The molecule has 126 valence electrons. The lowest BCUT2D eigenvalue weighted by atomic mass is 9.73. The van der Waals surface area contributed by atoms with E-state index in [9.17, 15) is 4.79 Å². The van der Waals surface area contributed by atoms with Crippen LogP contribution in [0.4, 0.5) is 0 Å². The van der Waals surface area contributed by atoms with E-state index in [2.05, 4.69) is 22.0 Å². The third-order valence-corrected chi connectivity index (χ3v) is 5.88. The topological polar surface area (TPSA) is 44.8 Å². The van der Waals surface area contributed by atoms with Gasteiger partial charge in [0, 0.05) is 32.8 Å². The highest BCUT2D eigenvalue weighted by Crippen LogP contribution is 2.46. The van der Waals surface area contributed by atoms with E-state index >= 15 is 0 Å². The van der Waals surface area contributed by atoms with Crippen molar-refractivity contribution in [1.29, 1.82) is 0 Å². The van der Waals surface area contributed by atoms with Gasteiger partial charge in [-0.25, -0.2) is 0 Å². The normalized spacial score (nSPS) is 33.1. The molecule has 3 fully saturated rings. The van der Waals surface area contributed by atoms with Crippen LogP contribution in [0, 0.1) is 5.92 Å². The fourth-order valence-corrected chi connectivity index (χ4v) is 4.56. The van der Waals surface area contributed by atoms with E-state index in [4.69, 9.17) is 4.74 Å². The number of carbonyl (C=O) groups excluding carboxylic acids is 1. The van der Waals surface area contributed by atoms with Crippen molar-refractivity contribution in [2.24, 2.45) is 5.92 Å². The lowest BCUT2D eigenvalue weighted by Gasteiger charge is -2.56. The number of piperazine rings is 1. The van der Waals surface area contributed by atoms with Gasteiger partial charge in [-0.05, 0) is 25.2 Å². The van der Waals surface area contributed by atoms with E-state index in [-0.39, 0.29) is 5.66 Å². The van der Waals surface area contributed by atoms with E-state index in [1.165, 1.54) is 32.1 Å². The Kier molecular flexibility index (Phi) is 5.05. The summed E-state index contributed by atoms with van der Waals surface area (Å²) in [5, 5.41) is 3.61. The molecule has 0 aromatic rings. The molecule has 1 saturated carbocycles. The third-order valence-electron chi connectivity index (χ3n) is 5.88. The average Bonchev–Trinajstić information content (AvgIpc) is 2.72. The van der Waals surface area contributed by atoms with Gasteiger partial charge < -0.3 is 15.0 Å². The highest BCUT2D eigenvalue weighted by molar-refractivity contribution is 5.82. The Bertz CT molecular complexity index is 397. The average molecular weight is 309 g/mol. The molecule has 0 spiro atoms. The Hall–Kier alpha value is -0.650. The van der Waals surface area contributed by atoms with Crippen LogP contribution in [0.3, 0.4) is 0 Å². The molecular formula is C17H31N3O2. The number of fused-ring (bicyclic) bond motifs is 1. The summed E-state index contributed by atoms with van der Waals surface area (Å²) in [4.78, 5) is 17.5. The van der Waals surface area contributed by atoms with E-state index in [0.29, 0.717) is 31.0 Å². The van der Waals surface area contributed by atoms with Gasteiger partial charge in [-0.3, -0.25) is 9.69 Å². The van der Waals surface area contributed by atoms with Gasteiger partial charge in [0.1, 0.15) is 5.66 Å². The van der Waals surface area contributed by atoms with Crippen molar-refractivity contribution in [1.82, 2.24) is 15.1 Å². The molecule has 1 N–H and O–H groups in total. The first-order valence-electron chi connectivity index (χ1n) is 9.01. The monoisotopic (exact) mass is 309 g/mol. The number of hydrogen-bond acceptors (Lipinski definition) is 4. The summed E-state index contributed by atoms with van der Waals surface area (Å²) >= 11 is 0. The second-order valence-electron chi connectivity index (χ2n) is 7.13. The van der Waals surface area contributed by atoms with Gasteiger partial charge >= 0.3 is 0 Å². The maximum absolute atomic E-state index is 12.8. The zero-order chi connectivity index (χ0) is 15.6. The number of unbranched alkanes of at least 4 members (excludes halogenated alkanes) is 2. The molecule has 0 radical (unpaired) electrons. The van der Waals surface area contributed by atoms with Gasteiger partial charge in [0.15, 0.2) is 0 Å².